The first-order valence-corrected chi connectivity index (χ1v) is 8.47. The quantitative estimate of drug-likeness (QED) is 0.767. The highest BCUT2D eigenvalue weighted by Crippen LogP contribution is 2.22. The van der Waals surface area contributed by atoms with E-state index in [-0.39, 0.29) is 11.7 Å². The molecule has 0 saturated carbocycles. The fraction of sp³-hybridized carbons (Fsp3) is 0.286. The van der Waals surface area contributed by atoms with Crippen molar-refractivity contribution < 1.29 is 9.18 Å². The Morgan fingerprint density at radius 3 is 2.38 bits per heavy atom. The van der Waals surface area contributed by atoms with Crippen LogP contribution in [-0.4, -0.2) is 23.9 Å². The summed E-state index contributed by atoms with van der Waals surface area (Å²) in [5.41, 5.74) is 2.21. The maximum atomic E-state index is 12.9. The van der Waals surface area contributed by atoms with Crippen LogP contribution >= 0.6 is 0 Å². The molecule has 1 amide bonds. The molecule has 0 spiro atoms. The van der Waals surface area contributed by atoms with Gasteiger partial charge in [0.15, 0.2) is 0 Å². The average Bonchev–Trinajstić information content (AvgIpc) is 2.62. The summed E-state index contributed by atoms with van der Waals surface area (Å²) in [6.45, 7) is 1.62. The first kappa shape index (κ1) is 16.4. The molecule has 3 heteroatoms. The minimum absolute atomic E-state index is 0.0393. The average molecular weight is 323 g/mol. The number of halogens is 1. The van der Waals surface area contributed by atoms with Crippen LogP contribution in [0.15, 0.2) is 60.7 Å². The second kappa shape index (κ2) is 7.91. The zero-order valence-electron chi connectivity index (χ0n) is 13.7. The van der Waals surface area contributed by atoms with Gasteiger partial charge in [-0.15, -0.1) is 0 Å². The molecule has 0 bridgehead atoms. The van der Waals surface area contributed by atoms with Crippen molar-refractivity contribution in [2.45, 2.75) is 19.3 Å². The summed E-state index contributed by atoms with van der Waals surface area (Å²) in [4.78, 5) is 14.2. The van der Waals surface area contributed by atoms with Crippen molar-refractivity contribution in [2.75, 3.05) is 13.1 Å². The van der Waals surface area contributed by atoms with E-state index in [9.17, 15) is 9.18 Å². The maximum absolute atomic E-state index is 12.9. The van der Waals surface area contributed by atoms with Crippen LogP contribution in [0.4, 0.5) is 4.39 Å². The van der Waals surface area contributed by atoms with Crippen molar-refractivity contribution in [3.05, 3.63) is 77.6 Å². The molecule has 24 heavy (non-hydrogen) atoms. The molecule has 2 aromatic rings. The van der Waals surface area contributed by atoms with Gasteiger partial charge in [-0.2, -0.15) is 0 Å². The molecule has 3 rings (SSSR count). The number of rotatable bonds is 4. The SMILES string of the molecule is O=C(C=Cc1ccc(F)cc1)N1CCC(Cc2ccccc2)CC1. The largest absolute Gasteiger partial charge is 0.339 e. The van der Waals surface area contributed by atoms with Gasteiger partial charge in [0.25, 0.3) is 0 Å². The van der Waals surface area contributed by atoms with Crippen molar-refractivity contribution in [3.8, 4) is 0 Å². The molecule has 1 heterocycles. The molecule has 1 aliphatic heterocycles. The second-order valence-corrected chi connectivity index (χ2v) is 6.34. The van der Waals surface area contributed by atoms with E-state index in [4.69, 9.17) is 0 Å². The van der Waals surface area contributed by atoms with E-state index < -0.39 is 0 Å². The summed E-state index contributed by atoms with van der Waals surface area (Å²) >= 11 is 0. The molecule has 1 saturated heterocycles. The number of carbonyl (C=O) groups is 1. The first-order valence-electron chi connectivity index (χ1n) is 8.47. The highest BCUT2D eigenvalue weighted by molar-refractivity contribution is 5.91. The predicted molar refractivity (Wildman–Crippen MR) is 94.9 cm³/mol. The molecule has 0 N–H and O–H groups in total. The van der Waals surface area contributed by atoms with E-state index in [0.717, 1.165) is 37.9 Å². The molecule has 2 aromatic carbocycles. The van der Waals surface area contributed by atoms with Gasteiger partial charge < -0.3 is 4.90 Å². The summed E-state index contributed by atoms with van der Waals surface area (Å²) in [6.07, 6.45) is 6.52. The van der Waals surface area contributed by atoms with Crippen molar-refractivity contribution in [2.24, 2.45) is 5.92 Å². The zero-order chi connectivity index (χ0) is 16.8. The number of nitrogens with zero attached hydrogens (tertiary/aromatic N) is 1. The number of hydrogen-bond acceptors (Lipinski definition) is 1. The Morgan fingerprint density at radius 1 is 1.04 bits per heavy atom. The molecule has 124 valence electrons. The number of hydrogen-bond donors (Lipinski definition) is 0. The Kier molecular flexibility index (Phi) is 5.42. The molecule has 0 aliphatic carbocycles. The summed E-state index contributed by atoms with van der Waals surface area (Å²) in [6, 6.07) is 16.7. The lowest BCUT2D eigenvalue weighted by Gasteiger charge is -2.31. The summed E-state index contributed by atoms with van der Waals surface area (Å²) in [7, 11) is 0. The van der Waals surface area contributed by atoms with Gasteiger partial charge in [0, 0.05) is 19.2 Å². The molecule has 1 aliphatic rings. The van der Waals surface area contributed by atoms with E-state index >= 15 is 0 Å². The topological polar surface area (TPSA) is 20.3 Å². The number of carbonyl (C=O) groups excluding carboxylic acids is 1. The van der Waals surface area contributed by atoms with Gasteiger partial charge in [-0.25, -0.2) is 4.39 Å². The Hall–Kier alpha value is -2.42. The standard InChI is InChI=1S/C21H22FNO/c22-20-9-6-17(7-10-20)8-11-21(24)23-14-12-19(13-15-23)16-18-4-2-1-3-5-18/h1-11,19H,12-16H2. The van der Waals surface area contributed by atoms with Crippen LogP contribution in [0.5, 0.6) is 0 Å². The third-order valence-electron chi connectivity index (χ3n) is 4.58. The lowest BCUT2D eigenvalue weighted by molar-refractivity contribution is -0.127. The van der Waals surface area contributed by atoms with Gasteiger partial charge in [-0.05, 0) is 54.5 Å². The number of benzene rings is 2. The third-order valence-corrected chi connectivity index (χ3v) is 4.58. The maximum Gasteiger partial charge on any atom is 0.246 e. The summed E-state index contributed by atoms with van der Waals surface area (Å²) < 4.78 is 12.9. The second-order valence-electron chi connectivity index (χ2n) is 6.34. The van der Waals surface area contributed by atoms with Crippen LogP contribution in [-0.2, 0) is 11.2 Å². The molecule has 2 nitrogen and oxygen atoms in total. The van der Waals surface area contributed by atoms with Gasteiger partial charge >= 0.3 is 0 Å². The number of piperidine rings is 1. The van der Waals surface area contributed by atoms with Gasteiger partial charge in [0.2, 0.25) is 5.91 Å². The summed E-state index contributed by atoms with van der Waals surface area (Å²) in [5.74, 6) is 0.425. The normalized spacial score (nSPS) is 15.8. The minimum Gasteiger partial charge on any atom is -0.339 e. The van der Waals surface area contributed by atoms with Crippen molar-refractivity contribution in [3.63, 3.8) is 0 Å². The van der Waals surface area contributed by atoms with Crippen LogP contribution in [0.2, 0.25) is 0 Å². The predicted octanol–water partition coefficient (Wildman–Crippen LogP) is 4.32. The molecule has 0 radical (unpaired) electrons. The monoisotopic (exact) mass is 323 g/mol. The Labute approximate surface area is 142 Å². The smallest absolute Gasteiger partial charge is 0.246 e. The fourth-order valence-corrected chi connectivity index (χ4v) is 3.15. The van der Waals surface area contributed by atoms with E-state index in [1.54, 1.807) is 24.3 Å². The molecular weight excluding hydrogens is 301 g/mol. The number of likely N-dealkylation sites (tertiary alicyclic amines) is 1. The van der Waals surface area contributed by atoms with Crippen molar-refractivity contribution in [1.29, 1.82) is 0 Å². The van der Waals surface area contributed by atoms with E-state index in [2.05, 4.69) is 24.3 Å². The van der Waals surface area contributed by atoms with Gasteiger partial charge in [-0.3, -0.25) is 4.79 Å². The third kappa shape index (κ3) is 4.54. The molecule has 0 aromatic heterocycles. The van der Waals surface area contributed by atoms with Gasteiger partial charge in [0.1, 0.15) is 5.82 Å². The molecular formula is C21H22FNO. The van der Waals surface area contributed by atoms with Crippen LogP contribution in [0.1, 0.15) is 24.0 Å². The van der Waals surface area contributed by atoms with E-state index in [1.807, 2.05) is 11.0 Å². The lowest BCUT2D eigenvalue weighted by Crippen LogP contribution is -2.37. The fourth-order valence-electron chi connectivity index (χ4n) is 3.15. The highest BCUT2D eigenvalue weighted by atomic mass is 19.1. The Morgan fingerprint density at radius 2 is 1.71 bits per heavy atom. The number of amides is 1. The Bertz CT molecular complexity index is 686. The van der Waals surface area contributed by atoms with Gasteiger partial charge in [0.05, 0.1) is 0 Å². The van der Waals surface area contributed by atoms with Crippen LogP contribution in [0.25, 0.3) is 6.08 Å². The molecule has 1 fully saturated rings. The van der Waals surface area contributed by atoms with Gasteiger partial charge in [-0.1, -0.05) is 42.5 Å². The Balaban J connectivity index is 1.49. The van der Waals surface area contributed by atoms with E-state index in [0.29, 0.717) is 5.92 Å². The molecule has 0 unspecified atom stereocenters. The highest BCUT2D eigenvalue weighted by Gasteiger charge is 2.21. The zero-order valence-corrected chi connectivity index (χ0v) is 13.7. The first-order chi connectivity index (χ1) is 11.7. The van der Waals surface area contributed by atoms with E-state index in [1.165, 1.54) is 17.7 Å². The minimum atomic E-state index is -0.265. The van der Waals surface area contributed by atoms with Crippen LogP contribution in [0.3, 0.4) is 0 Å². The summed E-state index contributed by atoms with van der Waals surface area (Å²) in [5, 5.41) is 0. The van der Waals surface area contributed by atoms with Crippen molar-refractivity contribution >= 4 is 12.0 Å². The van der Waals surface area contributed by atoms with Crippen LogP contribution < -0.4 is 0 Å². The lowest BCUT2D eigenvalue weighted by atomic mass is 9.90. The van der Waals surface area contributed by atoms with Crippen LogP contribution in [0, 0.1) is 11.7 Å². The van der Waals surface area contributed by atoms with Crippen molar-refractivity contribution in [1.82, 2.24) is 4.90 Å². The molecule has 0 atom stereocenters.